The summed E-state index contributed by atoms with van der Waals surface area (Å²) in [7, 11) is 0. The number of amides is 1. The van der Waals surface area contributed by atoms with Gasteiger partial charge in [-0.3, -0.25) is 4.79 Å². The molecule has 0 aromatic heterocycles. The largest absolute Gasteiger partial charge is 0.484 e. The van der Waals surface area contributed by atoms with E-state index in [0.29, 0.717) is 5.75 Å². The minimum absolute atomic E-state index is 0.279. The van der Waals surface area contributed by atoms with Gasteiger partial charge in [-0.15, -0.1) is 0 Å². The molecule has 0 bridgehead atoms. The summed E-state index contributed by atoms with van der Waals surface area (Å²) in [5.41, 5.74) is 2.01. The van der Waals surface area contributed by atoms with E-state index in [2.05, 4.69) is 5.32 Å². The lowest BCUT2D eigenvalue weighted by atomic mass is 10.1. The molecule has 1 atom stereocenters. The van der Waals surface area contributed by atoms with Crippen LogP contribution in [0.4, 0.5) is 8.78 Å². The van der Waals surface area contributed by atoms with Gasteiger partial charge in [-0.1, -0.05) is 6.07 Å². The van der Waals surface area contributed by atoms with Crippen LogP contribution in [0.2, 0.25) is 0 Å². The van der Waals surface area contributed by atoms with E-state index in [-0.39, 0.29) is 6.61 Å². The standard InChI is InChI=1S/C13H17F2NO3/c1-8-3-9(2)5-10(4-8)19-7-12(18)16-6-11(17)13(14)15/h3-5,11,13,17H,6-7H2,1-2H3,(H,16,18). The summed E-state index contributed by atoms with van der Waals surface area (Å²) in [6.45, 7) is 3.03. The number of halogens is 2. The molecule has 1 rings (SSSR count). The second kappa shape index (κ2) is 7.04. The van der Waals surface area contributed by atoms with E-state index in [0.717, 1.165) is 11.1 Å². The number of aliphatic hydroxyl groups excluding tert-OH is 1. The van der Waals surface area contributed by atoms with Crippen LogP contribution in [-0.4, -0.2) is 36.7 Å². The number of alkyl halides is 2. The maximum atomic E-state index is 12.0. The topological polar surface area (TPSA) is 58.6 Å². The summed E-state index contributed by atoms with van der Waals surface area (Å²) >= 11 is 0. The van der Waals surface area contributed by atoms with E-state index < -0.39 is 25.0 Å². The Balaban J connectivity index is 2.37. The van der Waals surface area contributed by atoms with Crippen LogP contribution in [0, 0.1) is 13.8 Å². The van der Waals surface area contributed by atoms with Gasteiger partial charge in [-0.25, -0.2) is 8.78 Å². The smallest absolute Gasteiger partial charge is 0.265 e. The lowest BCUT2D eigenvalue weighted by Gasteiger charge is -2.11. The Kier molecular flexibility index (Phi) is 5.69. The Morgan fingerprint density at radius 3 is 2.42 bits per heavy atom. The van der Waals surface area contributed by atoms with Crippen molar-refractivity contribution in [3.05, 3.63) is 29.3 Å². The van der Waals surface area contributed by atoms with Crippen LogP contribution in [-0.2, 0) is 4.79 Å². The van der Waals surface area contributed by atoms with E-state index in [1.165, 1.54) is 0 Å². The summed E-state index contributed by atoms with van der Waals surface area (Å²) in [4.78, 5) is 11.3. The number of aryl methyl sites for hydroxylation is 2. The fraction of sp³-hybridized carbons (Fsp3) is 0.462. The van der Waals surface area contributed by atoms with E-state index in [1.54, 1.807) is 12.1 Å². The third-order valence-corrected chi connectivity index (χ3v) is 2.36. The SMILES string of the molecule is Cc1cc(C)cc(OCC(=O)NCC(O)C(F)F)c1. The Morgan fingerprint density at radius 2 is 1.89 bits per heavy atom. The molecule has 4 nitrogen and oxygen atoms in total. The number of hydrogen-bond acceptors (Lipinski definition) is 3. The van der Waals surface area contributed by atoms with Crippen LogP contribution in [0.15, 0.2) is 18.2 Å². The van der Waals surface area contributed by atoms with Gasteiger partial charge in [0.05, 0.1) is 0 Å². The van der Waals surface area contributed by atoms with Gasteiger partial charge in [0.1, 0.15) is 11.9 Å². The van der Waals surface area contributed by atoms with E-state index >= 15 is 0 Å². The van der Waals surface area contributed by atoms with Crippen molar-refractivity contribution >= 4 is 5.91 Å². The average molecular weight is 273 g/mol. The van der Waals surface area contributed by atoms with Gasteiger partial charge in [0.25, 0.3) is 12.3 Å². The first-order valence-electron chi connectivity index (χ1n) is 5.82. The van der Waals surface area contributed by atoms with Crippen LogP contribution in [0.1, 0.15) is 11.1 Å². The summed E-state index contributed by atoms with van der Waals surface area (Å²) in [6.07, 6.45) is -4.73. The molecule has 0 fully saturated rings. The molecule has 0 saturated heterocycles. The number of benzene rings is 1. The lowest BCUT2D eigenvalue weighted by molar-refractivity contribution is -0.124. The van der Waals surface area contributed by atoms with Crippen molar-refractivity contribution in [2.24, 2.45) is 0 Å². The first-order valence-corrected chi connectivity index (χ1v) is 5.82. The van der Waals surface area contributed by atoms with E-state index in [9.17, 15) is 13.6 Å². The Hall–Kier alpha value is -1.69. The molecular formula is C13H17F2NO3. The van der Waals surface area contributed by atoms with E-state index in [4.69, 9.17) is 9.84 Å². The normalized spacial score (nSPS) is 12.3. The highest BCUT2D eigenvalue weighted by Gasteiger charge is 2.17. The third-order valence-electron chi connectivity index (χ3n) is 2.36. The lowest BCUT2D eigenvalue weighted by Crippen LogP contribution is -2.38. The van der Waals surface area contributed by atoms with Crippen LogP contribution >= 0.6 is 0 Å². The van der Waals surface area contributed by atoms with Crippen LogP contribution in [0.25, 0.3) is 0 Å². The van der Waals surface area contributed by atoms with Crippen LogP contribution in [0.3, 0.4) is 0 Å². The second-order valence-corrected chi connectivity index (χ2v) is 4.32. The highest BCUT2D eigenvalue weighted by atomic mass is 19.3. The fourth-order valence-corrected chi connectivity index (χ4v) is 1.52. The third kappa shape index (κ3) is 5.65. The molecule has 1 aromatic rings. The average Bonchev–Trinajstić information content (AvgIpc) is 2.32. The number of hydrogen-bond donors (Lipinski definition) is 2. The monoisotopic (exact) mass is 273 g/mol. The molecule has 2 N–H and O–H groups in total. The predicted molar refractivity (Wildman–Crippen MR) is 66.4 cm³/mol. The molecule has 0 aliphatic rings. The first kappa shape index (κ1) is 15.4. The highest BCUT2D eigenvalue weighted by molar-refractivity contribution is 5.77. The molecule has 0 saturated carbocycles. The van der Waals surface area contributed by atoms with Crippen molar-refractivity contribution in [2.75, 3.05) is 13.2 Å². The van der Waals surface area contributed by atoms with Gasteiger partial charge < -0.3 is 15.2 Å². The summed E-state index contributed by atoms with van der Waals surface area (Å²) in [5, 5.41) is 11.0. The molecule has 0 radical (unpaired) electrons. The molecule has 1 unspecified atom stereocenters. The van der Waals surface area contributed by atoms with Gasteiger partial charge in [0, 0.05) is 6.54 Å². The predicted octanol–water partition coefficient (Wildman–Crippen LogP) is 1.42. The molecule has 0 spiro atoms. The molecule has 19 heavy (non-hydrogen) atoms. The zero-order chi connectivity index (χ0) is 14.4. The molecule has 6 heteroatoms. The van der Waals surface area contributed by atoms with Crippen molar-refractivity contribution in [3.63, 3.8) is 0 Å². The Labute approximate surface area is 110 Å². The summed E-state index contributed by atoms with van der Waals surface area (Å²) < 4.78 is 29.2. The number of aliphatic hydroxyl groups is 1. The maximum absolute atomic E-state index is 12.0. The minimum Gasteiger partial charge on any atom is -0.484 e. The molecule has 0 heterocycles. The summed E-state index contributed by atoms with van der Waals surface area (Å²) in [6, 6.07) is 5.51. The molecule has 0 aliphatic heterocycles. The maximum Gasteiger partial charge on any atom is 0.265 e. The van der Waals surface area contributed by atoms with Crippen molar-refractivity contribution in [3.8, 4) is 5.75 Å². The number of rotatable bonds is 6. The van der Waals surface area contributed by atoms with Gasteiger partial charge >= 0.3 is 0 Å². The summed E-state index contributed by atoms with van der Waals surface area (Å²) in [5.74, 6) is -0.0130. The number of carbonyl (C=O) groups is 1. The zero-order valence-electron chi connectivity index (χ0n) is 10.8. The van der Waals surface area contributed by atoms with Crippen molar-refractivity contribution in [2.45, 2.75) is 26.4 Å². The molecule has 1 amide bonds. The molecular weight excluding hydrogens is 256 g/mol. The molecule has 0 aliphatic carbocycles. The first-order chi connectivity index (χ1) is 8.88. The molecule has 106 valence electrons. The molecule has 1 aromatic carbocycles. The van der Waals surface area contributed by atoms with Gasteiger partial charge in [0.2, 0.25) is 0 Å². The van der Waals surface area contributed by atoms with Crippen LogP contribution < -0.4 is 10.1 Å². The van der Waals surface area contributed by atoms with Gasteiger partial charge in [-0.2, -0.15) is 0 Å². The van der Waals surface area contributed by atoms with E-state index in [1.807, 2.05) is 19.9 Å². The Bertz CT molecular complexity index is 418. The number of carbonyl (C=O) groups excluding carboxylic acids is 1. The fourth-order valence-electron chi connectivity index (χ4n) is 1.52. The highest BCUT2D eigenvalue weighted by Crippen LogP contribution is 2.15. The van der Waals surface area contributed by atoms with Crippen molar-refractivity contribution in [1.29, 1.82) is 0 Å². The van der Waals surface area contributed by atoms with Gasteiger partial charge in [0.15, 0.2) is 6.61 Å². The van der Waals surface area contributed by atoms with Crippen molar-refractivity contribution < 1.29 is 23.4 Å². The van der Waals surface area contributed by atoms with Gasteiger partial charge in [-0.05, 0) is 37.1 Å². The van der Waals surface area contributed by atoms with Crippen LogP contribution in [0.5, 0.6) is 5.75 Å². The Morgan fingerprint density at radius 1 is 1.32 bits per heavy atom. The van der Waals surface area contributed by atoms with Crippen molar-refractivity contribution in [1.82, 2.24) is 5.32 Å². The number of ether oxygens (including phenoxy) is 1. The minimum atomic E-state index is -2.87. The second-order valence-electron chi connectivity index (χ2n) is 4.32. The number of nitrogens with one attached hydrogen (secondary N) is 1. The quantitative estimate of drug-likeness (QED) is 0.824. The zero-order valence-corrected chi connectivity index (χ0v) is 10.8.